The molecule has 0 aromatic heterocycles. The number of benzene rings is 1. The molecule has 1 aromatic carbocycles. The molecule has 106 valence electrons. The first-order valence-electron chi connectivity index (χ1n) is 6.43. The van der Waals surface area contributed by atoms with Crippen LogP contribution in [0.1, 0.15) is 31.7 Å². The van der Waals surface area contributed by atoms with Gasteiger partial charge in [0.25, 0.3) is 0 Å². The Hall–Kier alpha value is -0.590. The number of anilines is 1. The monoisotopic (exact) mass is 346 g/mol. The molecule has 0 heterocycles. The van der Waals surface area contributed by atoms with Crippen molar-refractivity contribution in [3.63, 3.8) is 0 Å². The minimum absolute atomic E-state index is 0.0919. The first-order valence-corrected chi connectivity index (χ1v) is 8.70. The molecule has 1 aromatic rings. The van der Waals surface area contributed by atoms with Crippen molar-refractivity contribution in [3.05, 3.63) is 22.2 Å². The standard InChI is InChI=1S/C13H19BrN2O2S/c1-3-4-9-6-12(9)16-19(17,18)13-7-11(15)10(14)5-8(13)2/h5,7,9,12,16H,3-4,6,15H2,1-2H3. The number of nitrogens with two attached hydrogens (primary N) is 1. The number of nitrogens with one attached hydrogen (secondary N) is 1. The van der Waals surface area contributed by atoms with Gasteiger partial charge in [0.05, 0.1) is 4.90 Å². The first kappa shape index (κ1) is 14.8. The second-order valence-electron chi connectivity index (χ2n) is 5.15. The molecule has 0 radical (unpaired) electrons. The third kappa shape index (κ3) is 3.30. The average Bonchev–Trinajstić information content (AvgIpc) is 3.01. The van der Waals surface area contributed by atoms with Gasteiger partial charge in [0.1, 0.15) is 0 Å². The fraction of sp³-hybridized carbons (Fsp3) is 0.538. The quantitative estimate of drug-likeness (QED) is 0.805. The Kier molecular flexibility index (Phi) is 4.23. The van der Waals surface area contributed by atoms with Gasteiger partial charge >= 0.3 is 0 Å². The van der Waals surface area contributed by atoms with Gasteiger partial charge < -0.3 is 5.73 Å². The maximum atomic E-state index is 12.3. The molecule has 0 spiro atoms. The molecule has 1 aliphatic rings. The molecule has 0 saturated heterocycles. The number of aryl methyl sites for hydroxylation is 1. The lowest BCUT2D eigenvalue weighted by atomic mass is 10.2. The van der Waals surface area contributed by atoms with Crippen LogP contribution >= 0.6 is 15.9 Å². The van der Waals surface area contributed by atoms with E-state index in [0.717, 1.165) is 23.7 Å². The van der Waals surface area contributed by atoms with E-state index in [0.29, 0.717) is 17.2 Å². The summed E-state index contributed by atoms with van der Waals surface area (Å²) in [7, 11) is -3.47. The van der Waals surface area contributed by atoms with E-state index < -0.39 is 10.0 Å². The van der Waals surface area contributed by atoms with Crippen molar-refractivity contribution >= 4 is 31.6 Å². The predicted molar refractivity (Wildman–Crippen MR) is 80.4 cm³/mol. The Morgan fingerprint density at radius 2 is 2.16 bits per heavy atom. The maximum Gasteiger partial charge on any atom is 0.241 e. The van der Waals surface area contributed by atoms with Crippen LogP contribution in [0.2, 0.25) is 0 Å². The summed E-state index contributed by atoms with van der Waals surface area (Å²) in [4.78, 5) is 0.273. The highest BCUT2D eigenvalue weighted by atomic mass is 79.9. The summed E-state index contributed by atoms with van der Waals surface area (Å²) in [5, 5.41) is 0. The highest BCUT2D eigenvalue weighted by Gasteiger charge is 2.39. The predicted octanol–water partition coefficient (Wildman–Crippen LogP) is 2.81. The normalized spacial score (nSPS) is 22.5. The number of nitrogen functional groups attached to an aromatic ring is 1. The second kappa shape index (κ2) is 5.42. The Labute approximate surface area is 122 Å². The van der Waals surface area contributed by atoms with Crippen molar-refractivity contribution in [2.45, 2.75) is 44.0 Å². The zero-order valence-electron chi connectivity index (χ0n) is 11.1. The molecule has 4 nitrogen and oxygen atoms in total. The molecule has 0 aliphatic heterocycles. The van der Waals surface area contributed by atoms with Crippen molar-refractivity contribution in [2.24, 2.45) is 5.92 Å². The lowest BCUT2D eigenvalue weighted by molar-refractivity contribution is 0.572. The Morgan fingerprint density at radius 3 is 2.79 bits per heavy atom. The lowest BCUT2D eigenvalue weighted by Gasteiger charge is -2.11. The first-order chi connectivity index (χ1) is 8.85. The van der Waals surface area contributed by atoms with Gasteiger partial charge in [-0.05, 0) is 59.3 Å². The van der Waals surface area contributed by atoms with Gasteiger partial charge in [-0.25, -0.2) is 13.1 Å². The number of hydrogen-bond acceptors (Lipinski definition) is 3. The SMILES string of the molecule is CCCC1CC1NS(=O)(=O)c1cc(N)c(Br)cc1C. The van der Waals surface area contributed by atoms with Crippen LogP contribution < -0.4 is 10.5 Å². The van der Waals surface area contributed by atoms with Crippen molar-refractivity contribution in [1.29, 1.82) is 0 Å². The number of halogens is 1. The van der Waals surface area contributed by atoms with E-state index in [-0.39, 0.29) is 10.9 Å². The summed E-state index contributed by atoms with van der Waals surface area (Å²) in [5.74, 6) is 0.493. The number of rotatable bonds is 5. The molecule has 0 amide bonds. The van der Waals surface area contributed by atoms with Crippen LogP contribution in [0.15, 0.2) is 21.5 Å². The van der Waals surface area contributed by atoms with E-state index >= 15 is 0 Å². The smallest absolute Gasteiger partial charge is 0.241 e. The molecule has 1 aliphatic carbocycles. The van der Waals surface area contributed by atoms with Gasteiger partial charge in [-0.2, -0.15) is 0 Å². The summed E-state index contributed by atoms with van der Waals surface area (Å²) in [6.07, 6.45) is 3.11. The van der Waals surface area contributed by atoms with Crippen molar-refractivity contribution in [1.82, 2.24) is 4.72 Å². The van der Waals surface area contributed by atoms with E-state index in [4.69, 9.17) is 5.73 Å². The van der Waals surface area contributed by atoms with E-state index in [1.807, 2.05) is 0 Å². The molecule has 0 bridgehead atoms. The summed E-state index contributed by atoms with van der Waals surface area (Å²) in [6.45, 7) is 3.89. The van der Waals surface area contributed by atoms with Crippen LogP contribution in [0.4, 0.5) is 5.69 Å². The largest absolute Gasteiger partial charge is 0.398 e. The van der Waals surface area contributed by atoms with Crippen molar-refractivity contribution in [2.75, 3.05) is 5.73 Å². The molecular weight excluding hydrogens is 328 g/mol. The maximum absolute atomic E-state index is 12.3. The Balaban J connectivity index is 2.19. The highest BCUT2D eigenvalue weighted by Crippen LogP contribution is 2.36. The molecule has 2 unspecified atom stereocenters. The van der Waals surface area contributed by atoms with Crippen LogP contribution in [-0.2, 0) is 10.0 Å². The highest BCUT2D eigenvalue weighted by molar-refractivity contribution is 9.10. The third-order valence-corrected chi connectivity index (χ3v) is 5.79. The number of hydrogen-bond donors (Lipinski definition) is 2. The lowest BCUT2D eigenvalue weighted by Crippen LogP contribution is -2.27. The van der Waals surface area contributed by atoms with E-state index in [2.05, 4.69) is 27.6 Å². The van der Waals surface area contributed by atoms with E-state index in [1.165, 1.54) is 6.07 Å². The average molecular weight is 347 g/mol. The molecule has 2 rings (SSSR count). The zero-order valence-corrected chi connectivity index (χ0v) is 13.5. The minimum atomic E-state index is -3.47. The minimum Gasteiger partial charge on any atom is -0.398 e. The Bertz CT molecular complexity index is 587. The molecule has 3 N–H and O–H groups in total. The van der Waals surface area contributed by atoms with Crippen LogP contribution in [-0.4, -0.2) is 14.5 Å². The van der Waals surface area contributed by atoms with Gasteiger partial charge in [-0.1, -0.05) is 13.3 Å². The van der Waals surface area contributed by atoms with Gasteiger partial charge in [0, 0.05) is 16.2 Å². The third-order valence-electron chi connectivity index (χ3n) is 3.47. The summed E-state index contributed by atoms with van der Waals surface area (Å²) < 4.78 is 28.2. The van der Waals surface area contributed by atoms with Gasteiger partial charge in [0.2, 0.25) is 10.0 Å². The van der Waals surface area contributed by atoms with Gasteiger partial charge in [-0.15, -0.1) is 0 Å². The summed E-state index contributed by atoms with van der Waals surface area (Å²) >= 11 is 3.30. The van der Waals surface area contributed by atoms with Crippen LogP contribution in [0, 0.1) is 12.8 Å². The molecule has 6 heteroatoms. The van der Waals surface area contributed by atoms with Crippen LogP contribution in [0.3, 0.4) is 0 Å². The topological polar surface area (TPSA) is 72.2 Å². The van der Waals surface area contributed by atoms with Gasteiger partial charge in [0.15, 0.2) is 0 Å². The van der Waals surface area contributed by atoms with E-state index in [9.17, 15) is 8.42 Å². The Morgan fingerprint density at radius 1 is 1.47 bits per heavy atom. The molecule has 19 heavy (non-hydrogen) atoms. The summed E-state index contributed by atoms with van der Waals surface area (Å²) in [6, 6.07) is 3.34. The van der Waals surface area contributed by atoms with Gasteiger partial charge in [-0.3, -0.25) is 0 Å². The zero-order chi connectivity index (χ0) is 14.2. The fourth-order valence-electron chi connectivity index (χ4n) is 2.30. The van der Waals surface area contributed by atoms with E-state index in [1.54, 1.807) is 13.0 Å². The van der Waals surface area contributed by atoms with Crippen molar-refractivity contribution < 1.29 is 8.42 Å². The summed E-state index contributed by atoms with van der Waals surface area (Å²) in [5.41, 5.74) is 6.90. The molecule has 1 saturated carbocycles. The van der Waals surface area contributed by atoms with Crippen LogP contribution in [0.5, 0.6) is 0 Å². The van der Waals surface area contributed by atoms with Crippen LogP contribution in [0.25, 0.3) is 0 Å². The molecule has 2 atom stereocenters. The number of sulfonamides is 1. The molecule has 1 fully saturated rings. The molecular formula is C13H19BrN2O2S. The second-order valence-corrected chi connectivity index (χ2v) is 7.69. The fourth-order valence-corrected chi connectivity index (χ4v) is 4.34. The van der Waals surface area contributed by atoms with Crippen molar-refractivity contribution in [3.8, 4) is 0 Å².